The van der Waals surface area contributed by atoms with Crippen LogP contribution >= 0.6 is 0 Å². The zero-order chi connectivity index (χ0) is 14.8. The van der Waals surface area contributed by atoms with Crippen molar-refractivity contribution in [3.8, 4) is 11.3 Å². The molecule has 0 saturated heterocycles. The maximum absolute atomic E-state index is 4.44. The summed E-state index contributed by atoms with van der Waals surface area (Å²) in [4.78, 5) is 12.5. The van der Waals surface area contributed by atoms with E-state index >= 15 is 0 Å². The molecule has 5 heteroatoms. The number of hydrogen-bond acceptors (Lipinski definition) is 4. The molecule has 3 aromatic heterocycles. The lowest BCUT2D eigenvalue weighted by atomic mass is 10.1. The van der Waals surface area contributed by atoms with Crippen molar-refractivity contribution in [3.05, 3.63) is 72.9 Å². The molecule has 0 bridgehead atoms. The Hall–Kier alpha value is -3.08. The van der Waals surface area contributed by atoms with E-state index in [0.29, 0.717) is 6.54 Å². The van der Waals surface area contributed by atoms with Gasteiger partial charge in [0.25, 0.3) is 0 Å². The van der Waals surface area contributed by atoms with Gasteiger partial charge in [-0.25, -0.2) is 9.97 Å². The third kappa shape index (κ3) is 2.44. The summed E-state index contributed by atoms with van der Waals surface area (Å²) in [5, 5.41) is 5.39. The molecule has 4 aromatic rings. The molecule has 22 heavy (non-hydrogen) atoms. The highest BCUT2D eigenvalue weighted by Crippen LogP contribution is 2.17. The third-order valence-corrected chi connectivity index (χ3v) is 3.49. The Bertz CT molecular complexity index is 864. The Kier molecular flexibility index (Phi) is 3.08. The van der Waals surface area contributed by atoms with Crippen LogP contribution in [0.15, 0.2) is 67.4 Å². The van der Waals surface area contributed by atoms with Crippen molar-refractivity contribution in [2.24, 2.45) is 0 Å². The fraction of sp³-hybridized carbons (Fsp3) is 0.0588. The Morgan fingerprint density at radius 1 is 0.955 bits per heavy atom. The highest BCUT2D eigenvalue weighted by molar-refractivity contribution is 5.72. The minimum Gasteiger partial charge on any atom is -0.265 e. The lowest BCUT2D eigenvalue weighted by Crippen LogP contribution is -1.99. The van der Waals surface area contributed by atoms with Crippen molar-refractivity contribution in [1.29, 1.82) is 0 Å². The number of nitrogens with zero attached hydrogens (tertiary/aromatic N) is 5. The Labute approximate surface area is 127 Å². The van der Waals surface area contributed by atoms with Gasteiger partial charge in [0.2, 0.25) is 0 Å². The minimum atomic E-state index is 0.707. The maximum Gasteiger partial charge on any atom is 0.184 e. The molecule has 5 nitrogen and oxygen atoms in total. The van der Waals surface area contributed by atoms with Crippen LogP contribution in [0.4, 0.5) is 0 Å². The Balaban J connectivity index is 1.58. The summed E-state index contributed by atoms with van der Waals surface area (Å²) < 4.78 is 1.88. The van der Waals surface area contributed by atoms with Gasteiger partial charge in [-0.05, 0) is 17.7 Å². The van der Waals surface area contributed by atoms with Crippen LogP contribution < -0.4 is 0 Å². The third-order valence-electron chi connectivity index (χ3n) is 3.49. The van der Waals surface area contributed by atoms with Gasteiger partial charge in [0.15, 0.2) is 5.65 Å². The fourth-order valence-corrected chi connectivity index (χ4v) is 2.40. The summed E-state index contributed by atoms with van der Waals surface area (Å²) >= 11 is 0. The first-order chi connectivity index (χ1) is 10.9. The van der Waals surface area contributed by atoms with Crippen LogP contribution in [0.25, 0.3) is 22.3 Å². The second-order valence-electron chi connectivity index (χ2n) is 5.04. The van der Waals surface area contributed by atoms with Crippen LogP contribution in [-0.2, 0) is 6.54 Å². The molecule has 0 aliphatic rings. The van der Waals surface area contributed by atoms with E-state index in [4.69, 9.17) is 0 Å². The number of rotatable bonds is 3. The van der Waals surface area contributed by atoms with E-state index < -0.39 is 0 Å². The lowest BCUT2D eigenvalue weighted by Gasteiger charge is -2.04. The molecule has 3 heterocycles. The zero-order valence-corrected chi connectivity index (χ0v) is 11.8. The molecule has 0 N–H and O–H groups in total. The van der Waals surface area contributed by atoms with E-state index in [2.05, 4.69) is 44.3 Å². The zero-order valence-electron chi connectivity index (χ0n) is 11.8. The van der Waals surface area contributed by atoms with Crippen molar-refractivity contribution in [1.82, 2.24) is 24.7 Å². The smallest absolute Gasteiger partial charge is 0.184 e. The quantitative estimate of drug-likeness (QED) is 0.581. The van der Waals surface area contributed by atoms with Crippen molar-refractivity contribution in [2.45, 2.75) is 6.54 Å². The standard InChI is InChI=1S/C17H13N5/c1-2-8-19-16(3-1)14-6-4-13(5-7-14)10-22-11-15-9-18-12-20-17(15)21-22/h1-9,11-12H,10H2. The first kappa shape index (κ1) is 12.6. The average molecular weight is 287 g/mol. The van der Waals surface area contributed by atoms with Crippen molar-refractivity contribution in [2.75, 3.05) is 0 Å². The van der Waals surface area contributed by atoms with Crippen LogP contribution in [0.1, 0.15) is 5.56 Å². The molecule has 0 fully saturated rings. The Morgan fingerprint density at radius 2 is 1.86 bits per heavy atom. The molecule has 0 radical (unpaired) electrons. The van der Waals surface area contributed by atoms with Gasteiger partial charge in [-0.1, -0.05) is 30.3 Å². The van der Waals surface area contributed by atoms with Gasteiger partial charge < -0.3 is 0 Å². The van der Waals surface area contributed by atoms with E-state index in [-0.39, 0.29) is 0 Å². The highest BCUT2D eigenvalue weighted by Gasteiger charge is 2.03. The van der Waals surface area contributed by atoms with Gasteiger partial charge in [-0.3, -0.25) is 9.67 Å². The van der Waals surface area contributed by atoms with Crippen LogP contribution in [0.2, 0.25) is 0 Å². The highest BCUT2D eigenvalue weighted by atomic mass is 15.3. The number of fused-ring (bicyclic) bond motifs is 1. The largest absolute Gasteiger partial charge is 0.265 e. The number of pyridine rings is 1. The molecule has 0 spiro atoms. The van der Waals surface area contributed by atoms with Gasteiger partial charge in [-0.2, -0.15) is 5.10 Å². The predicted molar refractivity (Wildman–Crippen MR) is 84.1 cm³/mol. The molecular formula is C17H13N5. The molecule has 0 aliphatic heterocycles. The summed E-state index contributed by atoms with van der Waals surface area (Å²) in [6.07, 6.45) is 7.05. The first-order valence-corrected chi connectivity index (χ1v) is 7.02. The summed E-state index contributed by atoms with van der Waals surface area (Å²) in [5.74, 6) is 0. The molecule has 0 unspecified atom stereocenters. The van der Waals surface area contributed by atoms with E-state index in [1.165, 1.54) is 11.9 Å². The first-order valence-electron chi connectivity index (χ1n) is 7.02. The monoisotopic (exact) mass is 287 g/mol. The van der Waals surface area contributed by atoms with Crippen LogP contribution in [-0.4, -0.2) is 24.7 Å². The van der Waals surface area contributed by atoms with Crippen molar-refractivity contribution in [3.63, 3.8) is 0 Å². The van der Waals surface area contributed by atoms with Gasteiger partial charge in [0, 0.05) is 24.2 Å². The summed E-state index contributed by atoms with van der Waals surface area (Å²) in [6, 6.07) is 14.3. The number of benzene rings is 1. The van der Waals surface area contributed by atoms with Crippen molar-refractivity contribution >= 4 is 11.0 Å². The average Bonchev–Trinajstić information content (AvgIpc) is 2.98. The van der Waals surface area contributed by atoms with Gasteiger partial charge in [0.05, 0.1) is 17.6 Å². The van der Waals surface area contributed by atoms with Gasteiger partial charge in [-0.15, -0.1) is 0 Å². The van der Waals surface area contributed by atoms with Crippen LogP contribution in [0.5, 0.6) is 0 Å². The van der Waals surface area contributed by atoms with Crippen LogP contribution in [0.3, 0.4) is 0 Å². The molecule has 0 amide bonds. The Morgan fingerprint density at radius 3 is 2.64 bits per heavy atom. The molecule has 1 aromatic carbocycles. The molecule has 0 atom stereocenters. The maximum atomic E-state index is 4.44. The summed E-state index contributed by atoms with van der Waals surface area (Å²) in [7, 11) is 0. The molecule has 0 saturated carbocycles. The molecular weight excluding hydrogens is 274 g/mol. The summed E-state index contributed by atoms with van der Waals surface area (Å²) in [5.41, 5.74) is 4.00. The summed E-state index contributed by atoms with van der Waals surface area (Å²) in [6.45, 7) is 0.707. The van der Waals surface area contributed by atoms with E-state index in [9.17, 15) is 0 Å². The lowest BCUT2D eigenvalue weighted by molar-refractivity contribution is 0.693. The predicted octanol–water partition coefficient (Wildman–Crippen LogP) is 2.94. The number of aromatic nitrogens is 5. The van der Waals surface area contributed by atoms with E-state index in [1.54, 1.807) is 12.4 Å². The topological polar surface area (TPSA) is 56.5 Å². The minimum absolute atomic E-state index is 0.707. The van der Waals surface area contributed by atoms with Crippen LogP contribution in [0, 0.1) is 0 Å². The van der Waals surface area contributed by atoms with E-state index in [1.807, 2.05) is 29.1 Å². The van der Waals surface area contributed by atoms with Crippen molar-refractivity contribution < 1.29 is 0 Å². The normalized spacial score (nSPS) is 10.9. The van der Waals surface area contributed by atoms with E-state index in [0.717, 1.165) is 22.3 Å². The number of hydrogen-bond donors (Lipinski definition) is 0. The molecule has 106 valence electrons. The molecule has 4 rings (SSSR count). The SMILES string of the molecule is c1ccc(-c2ccc(Cn3cc4cncnc4n3)cc2)nc1. The fourth-order valence-electron chi connectivity index (χ4n) is 2.40. The second-order valence-corrected chi connectivity index (χ2v) is 5.04. The second kappa shape index (κ2) is 5.37. The molecule has 0 aliphatic carbocycles. The van der Waals surface area contributed by atoms with Gasteiger partial charge in [0.1, 0.15) is 6.33 Å². The van der Waals surface area contributed by atoms with Gasteiger partial charge >= 0.3 is 0 Å².